The maximum Gasteiger partial charge on any atom is 0.271 e. The molecule has 0 radical (unpaired) electrons. The highest BCUT2D eigenvalue weighted by molar-refractivity contribution is 7.85. The lowest BCUT2D eigenvalue weighted by atomic mass is 9.83. The maximum absolute atomic E-state index is 11.9. The molecule has 1 aromatic rings. The highest BCUT2D eigenvalue weighted by Gasteiger charge is 2.23. The first-order chi connectivity index (χ1) is 9.59. The van der Waals surface area contributed by atoms with Crippen LogP contribution in [-0.4, -0.2) is 26.7 Å². The molecule has 0 spiro atoms. The summed E-state index contributed by atoms with van der Waals surface area (Å²) < 4.78 is 29.0. The molecule has 0 saturated heterocycles. The lowest BCUT2D eigenvalue weighted by Crippen LogP contribution is -2.22. The third-order valence-electron chi connectivity index (χ3n) is 3.89. The summed E-state index contributed by atoms with van der Waals surface area (Å²) in [5.74, 6) is 0.607. The van der Waals surface area contributed by atoms with Gasteiger partial charge in [-0.3, -0.25) is 4.18 Å². The summed E-state index contributed by atoms with van der Waals surface area (Å²) in [4.78, 5) is 0. The molecule has 20 heavy (non-hydrogen) atoms. The number of hydrogen-bond acceptors (Lipinski definition) is 4. The molecule has 0 heterocycles. The Labute approximate surface area is 120 Å². The van der Waals surface area contributed by atoms with E-state index in [1.165, 1.54) is 0 Å². The molecule has 4 nitrogen and oxygen atoms in total. The topological polar surface area (TPSA) is 63.6 Å². The number of aliphatic hydroxyl groups excluding tert-OH is 1. The Morgan fingerprint density at radius 3 is 2.25 bits per heavy atom. The van der Waals surface area contributed by atoms with E-state index in [9.17, 15) is 8.42 Å². The summed E-state index contributed by atoms with van der Waals surface area (Å²) in [5.41, 5.74) is 0.747. The molecule has 0 amide bonds. The molecule has 1 fully saturated rings. The zero-order valence-electron chi connectivity index (χ0n) is 11.6. The van der Waals surface area contributed by atoms with Crippen LogP contribution in [0.25, 0.3) is 0 Å². The summed E-state index contributed by atoms with van der Waals surface area (Å²) in [6.45, 7) is 0.507. The molecule has 112 valence electrons. The fourth-order valence-electron chi connectivity index (χ4n) is 2.60. The second kappa shape index (κ2) is 7.20. The van der Waals surface area contributed by atoms with E-state index in [2.05, 4.69) is 0 Å². The Morgan fingerprint density at radius 1 is 1.05 bits per heavy atom. The number of benzene rings is 1. The minimum Gasteiger partial charge on any atom is -0.396 e. The summed E-state index contributed by atoms with van der Waals surface area (Å²) in [6, 6.07) is 9.07. The summed E-state index contributed by atoms with van der Waals surface area (Å²) in [5, 5.41) is 9.07. The van der Waals surface area contributed by atoms with Crippen molar-refractivity contribution in [3.8, 4) is 0 Å². The van der Waals surface area contributed by atoms with Crippen molar-refractivity contribution in [3.63, 3.8) is 0 Å². The summed E-state index contributed by atoms with van der Waals surface area (Å²) in [7, 11) is -3.50. The second-order valence-electron chi connectivity index (χ2n) is 5.54. The van der Waals surface area contributed by atoms with Gasteiger partial charge in [-0.15, -0.1) is 0 Å². The van der Waals surface area contributed by atoms with E-state index in [1.54, 1.807) is 12.1 Å². The molecule has 5 heteroatoms. The minimum atomic E-state index is -3.50. The van der Waals surface area contributed by atoms with Gasteiger partial charge in [0.2, 0.25) is 0 Å². The van der Waals surface area contributed by atoms with Gasteiger partial charge in [-0.1, -0.05) is 30.3 Å². The van der Waals surface area contributed by atoms with E-state index in [1.807, 2.05) is 18.2 Å². The molecule has 0 unspecified atom stereocenters. The van der Waals surface area contributed by atoms with Crippen LogP contribution in [0.1, 0.15) is 31.2 Å². The molecule has 1 N–H and O–H groups in total. The predicted octanol–water partition coefficient (Wildman–Crippen LogP) is 2.33. The zero-order chi connectivity index (χ0) is 14.4. The van der Waals surface area contributed by atoms with Crippen LogP contribution in [0, 0.1) is 11.8 Å². The van der Waals surface area contributed by atoms with Gasteiger partial charge in [0, 0.05) is 6.61 Å². The smallest absolute Gasteiger partial charge is 0.271 e. The van der Waals surface area contributed by atoms with Gasteiger partial charge >= 0.3 is 0 Å². The first-order valence-electron chi connectivity index (χ1n) is 7.11. The second-order valence-corrected chi connectivity index (χ2v) is 7.18. The van der Waals surface area contributed by atoms with Gasteiger partial charge in [-0.25, -0.2) is 0 Å². The molecule has 0 bridgehead atoms. The van der Waals surface area contributed by atoms with Crippen molar-refractivity contribution >= 4 is 10.1 Å². The highest BCUT2D eigenvalue weighted by atomic mass is 32.2. The predicted molar refractivity (Wildman–Crippen MR) is 77.6 cm³/mol. The van der Waals surface area contributed by atoms with E-state index in [0.717, 1.165) is 31.2 Å². The molecule has 1 aromatic carbocycles. The van der Waals surface area contributed by atoms with Gasteiger partial charge in [0.05, 0.1) is 6.61 Å². The van der Waals surface area contributed by atoms with Gasteiger partial charge in [0.15, 0.2) is 0 Å². The monoisotopic (exact) mass is 298 g/mol. The number of rotatable bonds is 6. The van der Waals surface area contributed by atoms with Crippen LogP contribution in [0.3, 0.4) is 0 Å². The van der Waals surface area contributed by atoms with Gasteiger partial charge in [-0.2, -0.15) is 8.42 Å². The molecule has 1 aliphatic rings. The molecular formula is C15H22O4S. The fourth-order valence-corrected chi connectivity index (χ4v) is 3.68. The molecular weight excluding hydrogens is 276 g/mol. The Kier molecular flexibility index (Phi) is 5.57. The van der Waals surface area contributed by atoms with Crippen molar-refractivity contribution in [2.24, 2.45) is 11.8 Å². The lowest BCUT2D eigenvalue weighted by molar-refractivity contribution is 0.141. The van der Waals surface area contributed by atoms with Crippen molar-refractivity contribution in [3.05, 3.63) is 35.9 Å². The van der Waals surface area contributed by atoms with Crippen LogP contribution in [0.2, 0.25) is 0 Å². The zero-order valence-corrected chi connectivity index (χ0v) is 12.4. The first-order valence-corrected chi connectivity index (χ1v) is 8.68. The molecule has 2 rings (SSSR count). The van der Waals surface area contributed by atoms with E-state index in [4.69, 9.17) is 9.29 Å². The minimum absolute atomic E-state index is 0.0696. The van der Waals surface area contributed by atoms with E-state index < -0.39 is 10.1 Å². The average Bonchev–Trinajstić information content (AvgIpc) is 2.46. The number of aliphatic hydroxyl groups is 1. The maximum atomic E-state index is 11.9. The number of hydrogen-bond donors (Lipinski definition) is 1. The van der Waals surface area contributed by atoms with Crippen molar-refractivity contribution in [2.45, 2.75) is 31.4 Å². The molecule has 0 aliphatic heterocycles. The van der Waals surface area contributed by atoms with Crippen molar-refractivity contribution < 1.29 is 17.7 Å². The molecule has 1 aliphatic carbocycles. The standard InChI is InChI=1S/C15H22O4S/c16-10-13-6-8-14(9-7-13)11-19-20(17,18)12-15-4-2-1-3-5-15/h1-5,13-14,16H,6-12H2. The Balaban J connectivity index is 1.78. The van der Waals surface area contributed by atoms with Gasteiger partial charge in [-0.05, 0) is 43.1 Å². The largest absolute Gasteiger partial charge is 0.396 e. The summed E-state index contributed by atoms with van der Waals surface area (Å²) in [6.07, 6.45) is 3.80. The van der Waals surface area contributed by atoms with E-state index >= 15 is 0 Å². The average molecular weight is 298 g/mol. The Hall–Kier alpha value is -0.910. The lowest BCUT2D eigenvalue weighted by Gasteiger charge is -2.26. The van der Waals surface area contributed by atoms with E-state index in [-0.39, 0.29) is 19.0 Å². The van der Waals surface area contributed by atoms with Crippen molar-refractivity contribution in [2.75, 3.05) is 13.2 Å². The van der Waals surface area contributed by atoms with Gasteiger partial charge in [0.1, 0.15) is 5.75 Å². The van der Waals surface area contributed by atoms with Crippen LogP contribution >= 0.6 is 0 Å². The van der Waals surface area contributed by atoms with Crippen LogP contribution in [-0.2, 0) is 20.1 Å². The van der Waals surface area contributed by atoms with Gasteiger partial charge in [0.25, 0.3) is 10.1 Å². The van der Waals surface area contributed by atoms with Crippen LogP contribution in [0.5, 0.6) is 0 Å². The third kappa shape index (κ3) is 4.89. The SMILES string of the molecule is O=S(=O)(Cc1ccccc1)OCC1CCC(CO)CC1. The van der Waals surface area contributed by atoms with Crippen LogP contribution in [0.4, 0.5) is 0 Å². The quantitative estimate of drug-likeness (QED) is 0.819. The Morgan fingerprint density at radius 2 is 1.65 bits per heavy atom. The van der Waals surface area contributed by atoms with Crippen molar-refractivity contribution in [1.82, 2.24) is 0 Å². The first kappa shape index (κ1) is 15.5. The molecule has 0 aromatic heterocycles. The third-order valence-corrected chi connectivity index (χ3v) is 5.08. The summed E-state index contributed by atoms with van der Waals surface area (Å²) >= 11 is 0. The van der Waals surface area contributed by atoms with Crippen LogP contribution < -0.4 is 0 Å². The molecule has 1 saturated carbocycles. The van der Waals surface area contributed by atoms with Crippen LogP contribution in [0.15, 0.2) is 30.3 Å². The fraction of sp³-hybridized carbons (Fsp3) is 0.600. The van der Waals surface area contributed by atoms with E-state index in [0.29, 0.717) is 11.8 Å². The van der Waals surface area contributed by atoms with Gasteiger partial charge < -0.3 is 5.11 Å². The normalized spacial score (nSPS) is 23.6. The highest BCUT2D eigenvalue weighted by Crippen LogP contribution is 2.29. The van der Waals surface area contributed by atoms with Crippen molar-refractivity contribution in [1.29, 1.82) is 0 Å². The Bertz CT molecular complexity index is 490. The molecule has 0 atom stereocenters.